The molecule has 6 nitrogen and oxygen atoms in total. The van der Waals surface area contributed by atoms with Crippen molar-refractivity contribution in [2.75, 3.05) is 20.4 Å². The van der Waals surface area contributed by atoms with Crippen molar-refractivity contribution >= 4 is 5.96 Å². The number of ether oxygens (including phenoxy) is 1. The number of benzene rings is 1. The Bertz CT molecular complexity index is 462. The highest BCUT2D eigenvalue weighted by Gasteiger charge is 2.11. The normalized spacial score (nSPS) is 15.2. The van der Waals surface area contributed by atoms with Gasteiger partial charge in [-0.05, 0) is 17.7 Å². The third-order valence-corrected chi connectivity index (χ3v) is 2.64. The summed E-state index contributed by atoms with van der Waals surface area (Å²) in [6, 6.07) is 7.95. The minimum Gasteiger partial charge on any atom is -0.497 e. The predicted octanol–water partition coefficient (Wildman–Crippen LogP) is 0.442. The molecule has 0 unspecified atom stereocenters. The van der Waals surface area contributed by atoms with Crippen LogP contribution in [0, 0.1) is 11.5 Å². The van der Waals surface area contributed by atoms with Crippen LogP contribution in [0.5, 0.6) is 5.75 Å². The van der Waals surface area contributed by atoms with Crippen LogP contribution in [0.1, 0.15) is 5.56 Å². The molecule has 6 heteroatoms. The Hall–Kier alpha value is -2.26. The first kappa shape index (κ1) is 12.2. The van der Waals surface area contributed by atoms with E-state index in [1.165, 1.54) is 5.56 Å². The highest BCUT2D eigenvalue weighted by atomic mass is 16.5. The van der Waals surface area contributed by atoms with Crippen LogP contribution in [0.4, 0.5) is 0 Å². The van der Waals surface area contributed by atoms with Crippen molar-refractivity contribution in [1.29, 1.82) is 5.26 Å². The van der Waals surface area contributed by atoms with Gasteiger partial charge in [0.15, 0.2) is 6.19 Å². The Kier molecular flexibility index (Phi) is 3.99. The topological polar surface area (TPSA) is 72.7 Å². The third kappa shape index (κ3) is 3.12. The molecule has 0 aromatic heterocycles. The maximum atomic E-state index is 8.46. The molecule has 0 saturated carbocycles. The number of nitrogens with zero attached hydrogens (tertiary/aromatic N) is 3. The van der Waals surface area contributed by atoms with E-state index in [1.54, 1.807) is 7.11 Å². The number of methoxy groups -OCH3 is 1. The monoisotopic (exact) mass is 245 g/mol. The molecule has 0 spiro atoms. The van der Waals surface area contributed by atoms with Crippen LogP contribution in [0.25, 0.3) is 0 Å². The summed E-state index contributed by atoms with van der Waals surface area (Å²) in [6.07, 6.45) is 1.84. The van der Waals surface area contributed by atoms with Gasteiger partial charge in [0, 0.05) is 6.54 Å². The molecular weight excluding hydrogens is 230 g/mol. The lowest BCUT2D eigenvalue weighted by Gasteiger charge is -2.25. The standard InChI is InChI=1S/C12H15N5O/c1-18-11-4-2-10(3-5-11)6-17-8-15-12(14-7-13)16-9-17/h2-5H,6,8-9H2,1H3,(H2,14,15,16). The fourth-order valence-electron chi connectivity index (χ4n) is 1.70. The molecular formula is C12H15N5O. The first-order valence-corrected chi connectivity index (χ1v) is 5.60. The first-order chi connectivity index (χ1) is 8.81. The second-order valence-corrected chi connectivity index (χ2v) is 3.90. The molecule has 0 saturated heterocycles. The predicted molar refractivity (Wildman–Crippen MR) is 67.6 cm³/mol. The van der Waals surface area contributed by atoms with Gasteiger partial charge in [0.1, 0.15) is 5.75 Å². The summed E-state index contributed by atoms with van der Waals surface area (Å²) in [7, 11) is 1.65. The Morgan fingerprint density at radius 1 is 1.50 bits per heavy atom. The van der Waals surface area contributed by atoms with Crippen molar-refractivity contribution in [2.24, 2.45) is 4.99 Å². The Balaban J connectivity index is 1.89. The lowest BCUT2D eigenvalue weighted by Crippen LogP contribution is -2.47. The highest BCUT2D eigenvalue weighted by Crippen LogP contribution is 2.13. The summed E-state index contributed by atoms with van der Waals surface area (Å²) in [5.41, 5.74) is 1.20. The summed E-state index contributed by atoms with van der Waals surface area (Å²) in [5.74, 6) is 1.39. The molecule has 1 aromatic rings. The molecule has 0 amide bonds. The van der Waals surface area contributed by atoms with Crippen LogP contribution >= 0.6 is 0 Å². The summed E-state index contributed by atoms with van der Waals surface area (Å²) < 4.78 is 5.11. The van der Waals surface area contributed by atoms with Crippen LogP contribution in [0.15, 0.2) is 29.3 Å². The Morgan fingerprint density at radius 3 is 2.83 bits per heavy atom. The van der Waals surface area contributed by atoms with Crippen LogP contribution in [0.3, 0.4) is 0 Å². The molecule has 0 bridgehead atoms. The Labute approximate surface area is 106 Å². The van der Waals surface area contributed by atoms with Gasteiger partial charge in [-0.2, -0.15) is 5.26 Å². The number of aliphatic imine (C=N–C) groups is 1. The molecule has 94 valence electrons. The van der Waals surface area contributed by atoms with E-state index in [1.807, 2.05) is 30.5 Å². The fraction of sp³-hybridized carbons (Fsp3) is 0.333. The summed E-state index contributed by atoms with van der Waals surface area (Å²) in [4.78, 5) is 6.33. The van der Waals surface area contributed by atoms with Gasteiger partial charge < -0.3 is 10.1 Å². The molecule has 1 aromatic carbocycles. The molecule has 0 radical (unpaired) electrons. The molecule has 0 atom stereocenters. The largest absolute Gasteiger partial charge is 0.497 e. The lowest BCUT2D eigenvalue weighted by molar-refractivity contribution is 0.255. The molecule has 1 heterocycles. The minimum atomic E-state index is 0.531. The van der Waals surface area contributed by atoms with E-state index < -0.39 is 0 Å². The van der Waals surface area contributed by atoms with Crippen molar-refractivity contribution in [2.45, 2.75) is 6.54 Å². The second kappa shape index (κ2) is 5.89. The maximum absolute atomic E-state index is 8.46. The average molecular weight is 245 g/mol. The number of nitriles is 1. The van der Waals surface area contributed by atoms with E-state index in [-0.39, 0.29) is 0 Å². The Morgan fingerprint density at radius 2 is 2.28 bits per heavy atom. The summed E-state index contributed by atoms with van der Waals surface area (Å²) in [5, 5.41) is 14.0. The molecule has 0 fully saturated rings. The minimum absolute atomic E-state index is 0.531. The molecule has 0 aliphatic carbocycles. The fourth-order valence-corrected chi connectivity index (χ4v) is 1.70. The van der Waals surface area contributed by atoms with Crippen LogP contribution in [-0.2, 0) is 6.54 Å². The van der Waals surface area contributed by atoms with E-state index in [0.717, 1.165) is 12.3 Å². The zero-order valence-corrected chi connectivity index (χ0v) is 10.2. The van der Waals surface area contributed by atoms with Gasteiger partial charge in [-0.15, -0.1) is 0 Å². The maximum Gasteiger partial charge on any atom is 0.207 e. The first-order valence-electron chi connectivity index (χ1n) is 5.60. The van der Waals surface area contributed by atoms with E-state index in [0.29, 0.717) is 19.3 Å². The number of nitrogens with one attached hydrogen (secondary N) is 2. The van der Waals surface area contributed by atoms with E-state index in [2.05, 4.69) is 20.5 Å². The van der Waals surface area contributed by atoms with E-state index >= 15 is 0 Å². The van der Waals surface area contributed by atoms with Gasteiger partial charge in [0.2, 0.25) is 5.96 Å². The number of guanidine groups is 1. The van der Waals surface area contributed by atoms with Gasteiger partial charge >= 0.3 is 0 Å². The zero-order valence-electron chi connectivity index (χ0n) is 10.2. The van der Waals surface area contributed by atoms with E-state index in [4.69, 9.17) is 10.00 Å². The summed E-state index contributed by atoms with van der Waals surface area (Å²) >= 11 is 0. The highest BCUT2D eigenvalue weighted by molar-refractivity contribution is 5.81. The van der Waals surface area contributed by atoms with Gasteiger partial charge in [-0.25, -0.2) is 4.99 Å². The van der Waals surface area contributed by atoms with Crippen LogP contribution in [-0.4, -0.2) is 31.3 Å². The number of hydrogen-bond acceptors (Lipinski definition) is 6. The van der Waals surface area contributed by atoms with Crippen molar-refractivity contribution in [1.82, 2.24) is 15.5 Å². The van der Waals surface area contributed by atoms with Crippen molar-refractivity contribution in [3.05, 3.63) is 29.8 Å². The average Bonchev–Trinajstić information content (AvgIpc) is 2.42. The lowest BCUT2D eigenvalue weighted by atomic mass is 10.2. The third-order valence-electron chi connectivity index (χ3n) is 2.64. The van der Waals surface area contributed by atoms with Crippen LogP contribution < -0.4 is 15.4 Å². The smallest absolute Gasteiger partial charge is 0.207 e. The van der Waals surface area contributed by atoms with Crippen molar-refractivity contribution in [3.63, 3.8) is 0 Å². The second-order valence-electron chi connectivity index (χ2n) is 3.90. The van der Waals surface area contributed by atoms with Gasteiger partial charge in [-0.1, -0.05) is 12.1 Å². The van der Waals surface area contributed by atoms with Crippen molar-refractivity contribution < 1.29 is 4.74 Å². The van der Waals surface area contributed by atoms with E-state index in [9.17, 15) is 0 Å². The van der Waals surface area contributed by atoms with Crippen LogP contribution in [0.2, 0.25) is 0 Å². The molecule has 2 N–H and O–H groups in total. The van der Waals surface area contributed by atoms with Gasteiger partial charge in [0.25, 0.3) is 0 Å². The number of hydrogen-bond donors (Lipinski definition) is 2. The molecule has 1 aliphatic heterocycles. The number of rotatable bonds is 3. The summed E-state index contributed by atoms with van der Waals surface area (Å²) in [6.45, 7) is 2.04. The SMILES string of the molecule is COc1ccc(CN2CN=C(NC#N)NC2)cc1. The van der Waals surface area contributed by atoms with Crippen molar-refractivity contribution in [3.8, 4) is 11.9 Å². The quantitative estimate of drug-likeness (QED) is 0.597. The zero-order chi connectivity index (χ0) is 12.8. The van der Waals surface area contributed by atoms with Gasteiger partial charge in [-0.3, -0.25) is 10.2 Å². The molecule has 2 rings (SSSR count). The molecule has 18 heavy (non-hydrogen) atoms. The molecule has 1 aliphatic rings. The van der Waals surface area contributed by atoms with Gasteiger partial charge in [0.05, 0.1) is 20.4 Å².